The summed E-state index contributed by atoms with van der Waals surface area (Å²) in [6, 6.07) is 2.61. The smallest absolute Gasteiger partial charge is 0.321 e. The van der Waals surface area contributed by atoms with Gasteiger partial charge in [0, 0.05) is 0 Å². The Hall–Kier alpha value is -0.770. The molecule has 0 spiro atoms. The van der Waals surface area contributed by atoms with E-state index in [1.54, 1.807) is 0 Å². The van der Waals surface area contributed by atoms with Crippen LogP contribution in [0.5, 0.6) is 0 Å². The summed E-state index contributed by atoms with van der Waals surface area (Å²) in [6.07, 6.45) is 0. The van der Waals surface area contributed by atoms with Crippen molar-refractivity contribution in [2.75, 3.05) is 0 Å². The highest BCUT2D eigenvalue weighted by molar-refractivity contribution is 7.60. The van der Waals surface area contributed by atoms with Crippen LogP contribution in [0.4, 0.5) is 8.78 Å². The molecule has 0 radical (unpaired) electrons. The second kappa shape index (κ2) is 2.94. The van der Waals surface area contributed by atoms with E-state index in [2.05, 4.69) is 0 Å². The molecule has 0 heterocycles. The average molecular weight is 194 g/mol. The van der Waals surface area contributed by atoms with Crippen molar-refractivity contribution in [1.29, 1.82) is 0 Å². The molecule has 6 heteroatoms. The van der Waals surface area contributed by atoms with Gasteiger partial charge in [0.05, 0.1) is 0 Å². The maximum Gasteiger partial charge on any atom is 0.362 e. The summed E-state index contributed by atoms with van der Waals surface area (Å²) in [5.74, 6) is -2.47. The molecule has 0 fully saturated rings. The van der Waals surface area contributed by atoms with Gasteiger partial charge in [-0.1, -0.05) is 6.07 Å². The summed E-state index contributed by atoms with van der Waals surface area (Å²) in [5.41, 5.74) is 0. The molecule has 66 valence electrons. The van der Waals surface area contributed by atoms with Crippen LogP contribution in [0.2, 0.25) is 0 Å². The van der Waals surface area contributed by atoms with Gasteiger partial charge in [0.2, 0.25) is 0 Å². The van der Waals surface area contributed by atoms with Gasteiger partial charge < -0.3 is 9.79 Å². The molecular weight excluding hydrogens is 189 g/mol. The second-order valence-corrected chi connectivity index (χ2v) is 3.65. The summed E-state index contributed by atoms with van der Waals surface area (Å²) >= 11 is 0. The summed E-state index contributed by atoms with van der Waals surface area (Å²) in [5, 5.41) is -1.18. The Bertz CT molecular complexity index is 326. The molecule has 0 aromatic heterocycles. The highest BCUT2D eigenvalue weighted by Crippen LogP contribution is 2.35. The lowest BCUT2D eigenvalue weighted by Gasteiger charge is -2.05. The first-order chi connectivity index (χ1) is 5.43. The molecule has 0 aliphatic rings. The maximum absolute atomic E-state index is 12.6. The molecule has 0 saturated carbocycles. The van der Waals surface area contributed by atoms with Gasteiger partial charge >= 0.3 is 7.60 Å². The van der Waals surface area contributed by atoms with E-state index >= 15 is 0 Å². The van der Waals surface area contributed by atoms with Crippen molar-refractivity contribution in [2.45, 2.75) is 0 Å². The maximum atomic E-state index is 12.6. The molecule has 0 saturated heterocycles. The van der Waals surface area contributed by atoms with E-state index in [-0.39, 0.29) is 0 Å². The minimum Gasteiger partial charge on any atom is -0.321 e. The van der Waals surface area contributed by atoms with Crippen LogP contribution in [0.25, 0.3) is 0 Å². The quantitative estimate of drug-likeness (QED) is 0.649. The summed E-state index contributed by atoms with van der Waals surface area (Å²) in [6.45, 7) is 0. The monoisotopic (exact) mass is 194 g/mol. The Balaban J connectivity index is 3.42. The normalized spacial score (nSPS) is 11.7. The van der Waals surface area contributed by atoms with E-state index in [0.29, 0.717) is 0 Å². The molecule has 0 atom stereocenters. The van der Waals surface area contributed by atoms with E-state index in [1.165, 1.54) is 0 Å². The molecule has 2 N–H and O–H groups in total. The fourth-order valence-electron chi connectivity index (χ4n) is 0.767. The zero-order chi connectivity index (χ0) is 9.35. The predicted octanol–water partition coefficient (Wildman–Crippen LogP) is 0.768. The van der Waals surface area contributed by atoms with Gasteiger partial charge in [-0.15, -0.1) is 0 Å². The van der Waals surface area contributed by atoms with Crippen LogP contribution in [0.15, 0.2) is 18.2 Å². The van der Waals surface area contributed by atoms with Crippen molar-refractivity contribution in [2.24, 2.45) is 0 Å². The fraction of sp³-hybridized carbons (Fsp3) is 0. The third kappa shape index (κ3) is 1.69. The summed E-state index contributed by atoms with van der Waals surface area (Å²) in [4.78, 5) is 17.0. The largest absolute Gasteiger partial charge is 0.362 e. The van der Waals surface area contributed by atoms with Gasteiger partial charge in [-0.25, -0.2) is 8.78 Å². The number of rotatable bonds is 1. The van der Waals surface area contributed by atoms with E-state index in [4.69, 9.17) is 9.79 Å². The molecule has 0 aliphatic heterocycles. The molecule has 0 bridgehead atoms. The van der Waals surface area contributed by atoms with Gasteiger partial charge in [0.15, 0.2) is 0 Å². The Labute approximate surface area is 66.8 Å². The lowest BCUT2D eigenvalue weighted by atomic mass is 10.3. The summed E-state index contributed by atoms with van der Waals surface area (Å²) in [7, 11) is -4.84. The highest BCUT2D eigenvalue weighted by atomic mass is 31.2. The van der Waals surface area contributed by atoms with Gasteiger partial charge in [-0.3, -0.25) is 4.57 Å². The standard InChI is InChI=1S/C6H5F2O3P/c7-4-2-1-3-5(8)6(4)12(9,10)11/h1-3H,(H2,9,10,11). The van der Waals surface area contributed by atoms with Crippen molar-refractivity contribution < 1.29 is 23.1 Å². The topological polar surface area (TPSA) is 57.5 Å². The van der Waals surface area contributed by atoms with Crippen LogP contribution in [-0.4, -0.2) is 9.79 Å². The van der Waals surface area contributed by atoms with Crippen molar-refractivity contribution in [3.05, 3.63) is 29.8 Å². The minimum absolute atomic E-state index is 0.789. The second-order valence-electron chi connectivity index (χ2n) is 2.11. The molecule has 3 nitrogen and oxygen atoms in total. The highest BCUT2D eigenvalue weighted by Gasteiger charge is 2.26. The number of halogens is 2. The third-order valence-electron chi connectivity index (χ3n) is 1.23. The molecule has 1 rings (SSSR count). The van der Waals surface area contributed by atoms with Gasteiger partial charge in [-0.2, -0.15) is 0 Å². The first-order valence-electron chi connectivity index (χ1n) is 2.93. The van der Waals surface area contributed by atoms with E-state index in [1.807, 2.05) is 0 Å². The average Bonchev–Trinajstić information content (AvgIpc) is 1.82. The number of benzene rings is 1. The van der Waals surface area contributed by atoms with Crippen molar-refractivity contribution in [3.63, 3.8) is 0 Å². The van der Waals surface area contributed by atoms with Crippen LogP contribution < -0.4 is 5.30 Å². The number of hydrogen-bond donors (Lipinski definition) is 2. The molecule has 12 heavy (non-hydrogen) atoms. The van der Waals surface area contributed by atoms with Crippen LogP contribution in [0, 0.1) is 11.6 Å². The van der Waals surface area contributed by atoms with Gasteiger partial charge in [0.25, 0.3) is 0 Å². The lowest BCUT2D eigenvalue weighted by Crippen LogP contribution is -2.13. The SMILES string of the molecule is O=P(O)(O)c1c(F)cccc1F. The van der Waals surface area contributed by atoms with E-state index in [0.717, 1.165) is 18.2 Å². The Morgan fingerprint density at radius 1 is 1.17 bits per heavy atom. The van der Waals surface area contributed by atoms with Gasteiger partial charge in [-0.05, 0) is 12.1 Å². The third-order valence-corrected chi connectivity index (χ3v) is 2.24. The van der Waals surface area contributed by atoms with Crippen molar-refractivity contribution in [1.82, 2.24) is 0 Å². The minimum atomic E-state index is -4.84. The zero-order valence-electron chi connectivity index (χ0n) is 5.74. The number of hydrogen-bond acceptors (Lipinski definition) is 1. The van der Waals surface area contributed by atoms with Crippen molar-refractivity contribution in [3.8, 4) is 0 Å². The molecular formula is C6H5F2O3P. The predicted molar refractivity (Wildman–Crippen MR) is 38.0 cm³/mol. The molecule has 0 amide bonds. The zero-order valence-corrected chi connectivity index (χ0v) is 6.63. The Morgan fingerprint density at radius 2 is 1.58 bits per heavy atom. The van der Waals surface area contributed by atoms with E-state index < -0.39 is 24.5 Å². The van der Waals surface area contributed by atoms with Crippen molar-refractivity contribution >= 4 is 12.9 Å². The molecule has 0 unspecified atom stereocenters. The van der Waals surface area contributed by atoms with Gasteiger partial charge in [0.1, 0.15) is 16.9 Å². The Morgan fingerprint density at radius 3 is 1.83 bits per heavy atom. The van der Waals surface area contributed by atoms with E-state index in [9.17, 15) is 13.3 Å². The van der Waals surface area contributed by atoms with Crippen LogP contribution in [0.3, 0.4) is 0 Å². The lowest BCUT2D eigenvalue weighted by molar-refractivity contribution is 0.383. The first-order valence-corrected chi connectivity index (χ1v) is 4.54. The Kier molecular flexibility index (Phi) is 2.28. The van der Waals surface area contributed by atoms with Crippen LogP contribution in [0.1, 0.15) is 0 Å². The first kappa shape index (κ1) is 9.32. The summed E-state index contributed by atoms with van der Waals surface area (Å²) < 4.78 is 35.7. The van der Waals surface area contributed by atoms with Crippen LogP contribution in [-0.2, 0) is 4.57 Å². The fourth-order valence-corrected chi connectivity index (χ4v) is 1.47. The van der Waals surface area contributed by atoms with Crippen LogP contribution >= 0.6 is 7.60 Å². The molecule has 1 aromatic carbocycles. The molecule has 0 aliphatic carbocycles. The molecule has 1 aromatic rings.